The zero-order valence-corrected chi connectivity index (χ0v) is 15.0. The number of nitrogens with one attached hydrogen (secondary N) is 1. The van der Waals surface area contributed by atoms with Gasteiger partial charge in [0.25, 0.3) is 0 Å². The minimum atomic E-state index is -4.45. The molecule has 1 amide bonds. The molecule has 0 bridgehead atoms. The van der Waals surface area contributed by atoms with Gasteiger partial charge in [0.05, 0.1) is 11.8 Å². The summed E-state index contributed by atoms with van der Waals surface area (Å²) < 4.78 is 43.7. The summed E-state index contributed by atoms with van der Waals surface area (Å²) in [4.78, 5) is 22.7. The highest BCUT2D eigenvalue weighted by molar-refractivity contribution is 7.19. The number of nitrogens with zero attached hydrogens (tertiary/aromatic N) is 4. The van der Waals surface area contributed by atoms with Gasteiger partial charge in [0.1, 0.15) is 10.5 Å². The summed E-state index contributed by atoms with van der Waals surface area (Å²) in [7, 11) is 0. The SMILES string of the molecule is O=C(O)N1CCN(c2cnc(Nc3nc4ccc(C(F)(F)F)cc4o3)s2)CC1. The number of hydrogen-bond acceptors (Lipinski definition) is 7. The Morgan fingerprint density at radius 2 is 2.00 bits per heavy atom. The molecular formula is C16H14F3N5O3S. The third-order valence-electron chi connectivity index (χ3n) is 4.28. The van der Waals surface area contributed by atoms with Gasteiger partial charge >= 0.3 is 18.3 Å². The van der Waals surface area contributed by atoms with E-state index < -0.39 is 17.8 Å². The molecule has 0 radical (unpaired) electrons. The van der Waals surface area contributed by atoms with E-state index in [9.17, 15) is 18.0 Å². The number of alkyl halides is 3. The van der Waals surface area contributed by atoms with E-state index in [1.54, 1.807) is 6.20 Å². The minimum Gasteiger partial charge on any atom is -0.465 e. The molecular weight excluding hydrogens is 399 g/mol. The molecule has 3 heterocycles. The molecule has 1 saturated heterocycles. The van der Waals surface area contributed by atoms with Crippen molar-refractivity contribution in [3.63, 3.8) is 0 Å². The zero-order chi connectivity index (χ0) is 19.9. The number of halogens is 3. The van der Waals surface area contributed by atoms with Crippen LogP contribution in [0.15, 0.2) is 28.8 Å². The van der Waals surface area contributed by atoms with Gasteiger partial charge in [-0.2, -0.15) is 18.2 Å². The van der Waals surface area contributed by atoms with Crippen LogP contribution in [0.2, 0.25) is 0 Å². The second-order valence-corrected chi connectivity index (χ2v) is 7.09. The van der Waals surface area contributed by atoms with Crippen LogP contribution in [0.1, 0.15) is 5.56 Å². The normalized spacial score (nSPS) is 15.2. The van der Waals surface area contributed by atoms with E-state index in [-0.39, 0.29) is 11.6 Å². The molecule has 1 aliphatic rings. The number of benzene rings is 1. The highest BCUT2D eigenvalue weighted by atomic mass is 32.1. The van der Waals surface area contributed by atoms with Crippen LogP contribution in [0.25, 0.3) is 11.1 Å². The maximum atomic E-state index is 12.8. The molecule has 28 heavy (non-hydrogen) atoms. The van der Waals surface area contributed by atoms with Crippen LogP contribution in [-0.2, 0) is 6.18 Å². The average molecular weight is 413 g/mol. The summed E-state index contributed by atoms with van der Waals surface area (Å²) in [5, 5.41) is 13.2. The number of oxazole rings is 1. The molecule has 12 heteroatoms. The number of amides is 1. The van der Waals surface area contributed by atoms with Gasteiger partial charge < -0.3 is 19.3 Å². The predicted molar refractivity (Wildman–Crippen MR) is 96.2 cm³/mol. The lowest BCUT2D eigenvalue weighted by Gasteiger charge is -2.33. The summed E-state index contributed by atoms with van der Waals surface area (Å²) in [6.45, 7) is 1.92. The molecule has 0 spiro atoms. The van der Waals surface area contributed by atoms with E-state index >= 15 is 0 Å². The van der Waals surface area contributed by atoms with Crippen molar-refractivity contribution >= 4 is 44.7 Å². The first kappa shape index (κ1) is 18.3. The van der Waals surface area contributed by atoms with E-state index in [0.29, 0.717) is 36.8 Å². The largest absolute Gasteiger partial charge is 0.465 e. The zero-order valence-electron chi connectivity index (χ0n) is 14.2. The average Bonchev–Trinajstić information content (AvgIpc) is 3.27. The second-order valence-electron chi connectivity index (χ2n) is 6.08. The van der Waals surface area contributed by atoms with Crippen molar-refractivity contribution < 1.29 is 27.5 Å². The number of anilines is 3. The first-order valence-corrected chi connectivity index (χ1v) is 9.05. The van der Waals surface area contributed by atoms with E-state index in [1.807, 2.05) is 4.90 Å². The van der Waals surface area contributed by atoms with Crippen LogP contribution in [0, 0.1) is 0 Å². The quantitative estimate of drug-likeness (QED) is 0.674. The second kappa shape index (κ2) is 6.86. The van der Waals surface area contributed by atoms with Gasteiger partial charge in [-0.1, -0.05) is 11.3 Å². The van der Waals surface area contributed by atoms with Gasteiger partial charge in [0, 0.05) is 26.2 Å². The summed E-state index contributed by atoms with van der Waals surface area (Å²) in [5.41, 5.74) is -0.476. The van der Waals surface area contributed by atoms with Gasteiger partial charge in [-0.05, 0) is 18.2 Å². The third kappa shape index (κ3) is 3.67. The molecule has 4 rings (SSSR count). The summed E-state index contributed by atoms with van der Waals surface area (Å²) in [6.07, 6.45) is -3.74. The number of hydrogen-bond donors (Lipinski definition) is 2. The number of carbonyl (C=O) groups is 1. The lowest BCUT2D eigenvalue weighted by molar-refractivity contribution is -0.137. The number of fused-ring (bicyclic) bond motifs is 1. The number of rotatable bonds is 3. The first-order chi connectivity index (χ1) is 13.3. The van der Waals surface area contributed by atoms with Gasteiger partial charge in [0.15, 0.2) is 10.7 Å². The molecule has 2 aromatic heterocycles. The van der Waals surface area contributed by atoms with E-state index in [4.69, 9.17) is 9.52 Å². The van der Waals surface area contributed by atoms with Crippen LogP contribution in [0.4, 0.5) is 34.1 Å². The molecule has 0 saturated carbocycles. The van der Waals surface area contributed by atoms with Crippen molar-refractivity contribution in [1.29, 1.82) is 0 Å². The van der Waals surface area contributed by atoms with Crippen LogP contribution in [0.5, 0.6) is 0 Å². The maximum absolute atomic E-state index is 12.8. The molecule has 2 N–H and O–H groups in total. The molecule has 8 nitrogen and oxygen atoms in total. The van der Waals surface area contributed by atoms with E-state index in [1.165, 1.54) is 22.3 Å². The van der Waals surface area contributed by atoms with Crippen molar-refractivity contribution in [1.82, 2.24) is 14.9 Å². The van der Waals surface area contributed by atoms with Gasteiger partial charge in [-0.3, -0.25) is 5.32 Å². The maximum Gasteiger partial charge on any atom is 0.416 e. The molecule has 1 fully saturated rings. The Balaban J connectivity index is 1.46. The number of thiazole rings is 1. The number of carboxylic acid groups (broad SMARTS) is 1. The smallest absolute Gasteiger partial charge is 0.416 e. The first-order valence-electron chi connectivity index (χ1n) is 8.23. The summed E-state index contributed by atoms with van der Waals surface area (Å²) >= 11 is 1.32. The number of aromatic nitrogens is 2. The lowest BCUT2D eigenvalue weighted by atomic mass is 10.2. The molecule has 0 aliphatic carbocycles. The minimum absolute atomic E-state index is 0.0268. The fourth-order valence-electron chi connectivity index (χ4n) is 2.83. The standard InChI is InChI=1S/C16H14F3N5O3S/c17-16(18,19)9-1-2-10-11(7-9)27-13(21-10)22-14-20-8-12(28-14)23-3-5-24(6-4-23)15(25)26/h1-2,7-8H,3-6H2,(H,25,26)(H,20,21,22). The van der Waals surface area contributed by atoms with Crippen LogP contribution < -0.4 is 10.2 Å². The fraction of sp³-hybridized carbons (Fsp3) is 0.312. The lowest BCUT2D eigenvalue weighted by Crippen LogP contribution is -2.48. The van der Waals surface area contributed by atoms with E-state index in [2.05, 4.69) is 15.3 Å². The molecule has 0 unspecified atom stereocenters. The number of piperazine rings is 1. The Morgan fingerprint density at radius 1 is 1.25 bits per heavy atom. The van der Waals surface area contributed by atoms with Crippen molar-refractivity contribution in [2.75, 3.05) is 36.4 Å². The molecule has 1 aromatic carbocycles. The monoisotopic (exact) mass is 413 g/mol. The van der Waals surface area contributed by atoms with Crippen LogP contribution in [0.3, 0.4) is 0 Å². The van der Waals surface area contributed by atoms with Crippen molar-refractivity contribution in [3.8, 4) is 0 Å². The Morgan fingerprint density at radius 3 is 2.68 bits per heavy atom. The Labute approximate surface area is 160 Å². The van der Waals surface area contributed by atoms with Crippen LogP contribution in [-0.4, -0.2) is 52.2 Å². The highest BCUT2D eigenvalue weighted by Gasteiger charge is 2.31. The van der Waals surface area contributed by atoms with Gasteiger partial charge in [0.2, 0.25) is 0 Å². The topological polar surface area (TPSA) is 94.7 Å². The molecule has 0 atom stereocenters. The Hall–Kier alpha value is -3.02. The van der Waals surface area contributed by atoms with Crippen LogP contribution >= 0.6 is 11.3 Å². The Bertz CT molecular complexity index is 1010. The van der Waals surface area contributed by atoms with Gasteiger partial charge in [-0.25, -0.2) is 9.78 Å². The van der Waals surface area contributed by atoms with E-state index in [0.717, 1.165) is 17.1 Å². The predicted octanol–water partition coefficient (Wildman–Crippen LogP) is 3.85. The highest BCUT2D eigenvalue weighted by Crippen LogP contribution is 2.34. The van der Waals surface area contributed by atoms with Crippen molar-refractivity contribution in [3.05, 3.63) is 30.0 Å². The summed E-state index contributed by atoms with van der Waals surface area (Å²) in [6, 6.07) is 3.16. The summed E-state index contributed by atoms with van der Waals surface area (Å²) in [5.74, 6) is 0. The van der Waals surface area contributed by atoms with Crippen molar-refractivity contribution in [2.24, 2.45) is 0 Å². The third-order valence-corrected chi connectivity index (χ3v) is 5.26. The van der Waals surface area contributed by atoms with Crippen molar-refractivity contribution in [2.45, 2.75) is 6.18 Å². The molecule has 1 aliphatic heterocycles. The molecule has 148 valence electrons. The van der Waals surface area contributed by atoms with Gasteiger partial charge in [-0.15, -0.1) is 0 Å². The Kier molecular flexibility index (Phi) is 4.49. The fourth-order valence-corrected chi connectivity index (χ4v) is 3.69. The molecule has 3 aromatic rings.